The minimum Gasteiger partial charge on any atom is -0.496 e. The van der Waals surface area contributed by atoms with E-state index in [4.69, 9.17) is 4.74 Å². The van der Waals surface area contributed by atoms with Crippen LogP contribution in [0.3, 0.4) is 0 Å². The second kappa shape index (κ2) is 10.1. The highest BCUT2D eigenvalue weighted by atomic mass is 16.5. The Morgan fingerprint density at radius 1 is 0.900 bits per heavy atom. The fourth-order valence-electron chi connectivity index (χ4n) is 3.08. The lowest BCUT2D eigenvalue weighted by atomic mass is 10.0. The smallest absolute Gasteiger partial charge is 0.252 e. The van der Waals surface area contributed by atoms with E-state index in [2.05, 4.69) is 10.6 Å². The van der Waals surface area contributed by atoms with Gasteiger partial charge in [-0.25, -0.2) is 0 Å². The van der Waals surface area contributed by atoms with Gasteiger partial charge in [0, 0.05) is 30.3 Å². The number of ether oxygens (including phenoxy) is 1. The van der Waals surface area contributed by atoms with Gasteiger partial charge in [-0.3, -0.25) is 9.59 Å². The zero-order valence-electron chi connectivity index (χ0n) is 17.0. The summed E-state index contributed by atoms with van der Waals surface area (Å²) in [5.74, 6) is 0.318. The van der Waals surface area contributed by atoms with Gasteiger partial charge in [-0.1, -0.05) is 60.7 Å². The molecule has 0 aliphatic rings. The lowest BCUT2D eigenvalue weighted by Gasteiger charge is -2.12. The van der Waals surface area contributed by atoms with Gasteiger partial charge in [0.1, 0.15) is 5.75 Å². The summed E-state index contributed by atoms with van der Waals surface area (Å²) >= 11 is 0. The van der Waals surface area contributed by atoms with Gasteiger partial charge in [-0.15, -0.1) is 0 Å². The summed E-state index contributed by atoms with van der Waals surface area (Å²) in [6, 6.07) is 24.2. The molecule has 3 aromatic rings. The van der Waals surface area contributed by atoms with Crippen LogP contribution in [0.2, 0.25) is 0 Å². The van der Waals surface area contributed by atoms with Crippen molar-refractivity contribution in [2.24, 2.45) is 0 Å². The van der Waals surface area contributed by atoms with E-state index in [1.807, 2.05) is 66.7 Å². The van der Waals surface area contributed by atoms with Crippen LogP contribution in [0.15, 0.2) is 78.9 Å². The first-order chi connectivity index (χ1) is 14.6. The van der Waals surface area contributed by atoms with Crippen molar-refractivity contribution >= 4 is 23.5 Å². The standard InChI is InChI=1S/C25H24N2O3/c1-26-24(28)21-13-8-9-18(15-21)17-27-25(29)22(19-10-4-3-5-11-19)16-20-12-6-7-14-23(20)30-2/h3-16H,17H2,1-2H3,(H,26,28)(H,27,29)/b22-16+. The summed E-state index contributed by atoms with van der Waals surface area (Å²) in [5.41, 5.74) is 3.55. The number of hydrogen-bond donors (Lipinski definition) is 2. The third-order valence-electron chi connectivity index (χ3n) is 4.64. The van der Waals surface area contributed by atoms with Gasteiger partial charge in [-0.05, 0) is 35.4 Å². The molecular formula is C25H24N2O3. The number of para-hydroxylation sites is 1. The average molecular weight is 400 g/mol. The molecule has 0 heterocycles. The maximum absolute atomic E-state index is 13.1. The molecule has 0 aromatic heterocycles. The number of carbonyl (C=O) groups is 2. The van der Waals surface area contributed by atoms with E-state index in [0.29, 0.717) is 23.4 Å². The van der Waals surface area contributed by atoms with Crippen molar-refractivity contribution in [3.8, 4) is 5.75 Å². The number of amides is 2. The van der Waals surface area contributed by atoms with Crippen LogP contribution in [0, 0.1) is 0 Å². The third-order valence-corrected chi connectivity index (χ3v) is 4.64. The highest BCUT2D eigenvalue weighted by Gasteiger charge is 2.13. The number of rotatable bonds is 7. The largest absolute Gasteiger partial charge is 0.496 e. The normalized spacial score (nSPS) is 10.9. The van der Waals surface area contributed by atoms with Gasteiger partial charge in [0.25, 0.3) is 11.8 Å². The molecule has 3 rings (SSSR count). The van der Waals surface area contributed by atoms with Gasteiger partial charge in [0.2, 0.25) is 0 Å². The number of benzene rings is 3. The van der Waals surface area contributed by atoms with Gasteiger partial charge >= 0.3 is 0 Å². The third kappa shape index (κ3) is 5.14. The van der Waals surface area contributed by atoms with Crippen LogP contribution in [-0.4, -0.2) is 26.0 Å². The Kier molecular flexibility index (Phi) is 7.00. The Morgan fingerprint density at radius 3 is 2.33 bits per heavy atom. The molecule has 0 fully saturated rings. The average Bonchev–Trinajstić information content (AvgIpc) is 2.81. The van der Waals surface area contributed by atoms with Crippen LogP contribution in [-0.2, 0) is 11.3 Å². The van der Waals surface area contributed by atoms with Crippen molar-refractivity contribution in [1.82, 2.24) is 10.6 Å². The van der Waals surface area contributed by atoms with Crippen LogP contribution < -0.4 is 15.4 Å². The summed E-state index contributed by atoms with van der Waals surface area (Å²) < 4.78 is 5.42. The molecule has 0 radical (unpaired) electrons. The molecule has 3 aromatic carbocycles. The molecule has 0 atom stereocenters. The molecule has 5 nitrogen and oxygen atoms in total. The highest BCUT2D eigenvalue weighted by Crippen LogP contribution is 2.25. The van der Waals surface area contributed by atoms with E-state index in [-0.39, 0.29) is 11.8 Å². The van der Waals surface area contributed by atoms with Crippen LogP contribution in [0.5, 0.6) is 5.75 Å². The number of methoxy groups -OCH3 is 1. The van der Waals surface area contributed by atoms with E-state index < -0.39 is 0 Å². The summed E-state index contributed by atoms with van der Waals surface area (Å²) in [6.07, 6.45) is 1.82. The molecule has 2 N–H and O–H groups in total. The number of nitrogens with one attached hydrogen (secondary N) is 2. The first-order valence-electron chi connectivity index (χ1n) is 9.61. The quantitative estimate of drug-likeness (QED) is 0.467. The van der Waals surface area contributed by atoms with Gasteiger partial charge < -0.3 is 15.4 Å². The van der Waals surface area contributed by atoms with E-state index in [9.17, 15) is 9.59 Å². The summed E-state index contributed by atoms with van der Waals surface area (Å²) in [4.78, 5) is 24.9. The Bertz CT molecular complexity index is 1060. The zero-order chi connectivity index (χ0) is 21.3. The highest BCUT2D eigenvalue weighted by molar-refractivity contribution is 6.24. The topological polar surface area (TPSA) is 67.4 Å². The Balaban J connectivity index is 1.87. The molecule has 2 amide bonds. The van der Waals surface area contributed by atoms with Crippen molar-refractivity contribution < 1.29 is 14.3 Å². The molecule has 0 saturated carbocycles. The number of carbonyl (C=O) groups excluding carboxylic acids is 2. The van der Waals surface area contributed by atoms with Crippen LogP contribution in [0.4, 0.5) is 0 Å². The molecule has 152 valence electrons. The minimum absolute atomic E-state index is 0.163. The van der Waals surface area contributed by atoms with Crippen molar-refractivity contribution in [3.63, 3.8) is 0 Å². The summed E-state index contributed by atoms with van der Waals surface area (Å²) in [5, 5.41) is 5.56. The first-order valence-corrected chi connectivity index (χ1v) is 9.61. The predicted octanol–water partition coefficient (Wildman–Crippen LogP) is 3.91. The Hall–Kier alpha value is -3.86. The summed E-state index contributed by atoms with van der Waals surface area (Å²) in [7, 11) is 3.19. The molecular weight excluding hydrogens is 376 g/mol. The van der Waals surface area contributed by atoms with E-state index in [1.165, 1.54) is 0 Å². The van der Waals surface area contributed by atoms with Gasteiger partial charge in [0.05, 0.1) is 7.11 Å². The van der Waals surface area contributed by atoms with Crippen molar-refractivity contribution in [2.75, 3.05) is 14.2 Å². The van der Waals surface area contributed by atoms with Crippen LogP contribution >= 0.6 is 0 Å². The van der Waals surface area contributed by atoms with Crippen molar-refractivity contribution in [3.05, 3.63) is 101 Å². The van der Waals surface area contributed by atoms with E-state index >= 15 is 0 Å². The number of hydrogen-bond acceptors (Lipinski definition) is 3. The SMILES string of the molecule is CNC(=O)c1cccc(CNC(=O)/C(=C/c2ccccc2OC)c2ccccc2)c1. The fraction of sp³-hybridized carbons (Fsp3) is 0.120. The lowest BCUT2D eigenvalue weighted by Crippen LogP contribution is -2.24. The second-order valence-electron chi connectivity index (χ2n) is 6.63. The van der Waals surface area contributed by atoms with Crippen molar-refractivity contribution in [1.29, 1.82) is 0 Å². The molecule has 30 heavy (non-hydrogen) atoms. The molecule has 0 saturated heterocycles. The van der Waals surface area contributed by atoms with E-state index in [0.717, 1.165) is 16.7 Å². The van der Waals surface area contributed by atoms with Gasteiger partial charge in [-0.2, -0.15) is 0 Å². The molecule has 5 heteroatoms. The van der Waals surface area contributed by atoms with Crippen LogP contribution in [0.25, 0.3) is 11.6 Å². The minimum atomic E-state index is -0.211. The molecule has 0 aliphatic heterocycles. The molecule has 0 bridgehead atoms. The Labute approximate surface area is 176 Å². The van der Waals surface area contributed by atoms with Crippen molar-refractivity contribution in [2.45, 2.75) is 6.54 Å². The maximum Gasteiger partial charge on any atom is 0.252 e. The fourth-order valence-corrected chi connectivity index (χ4v) is 3.08. The molecule has 0 spiro atoms. The van der Waals surface area contributed by atoms with Gasteiger partial charge in [0.15, 0.2) is 0 Å². The molecule has 0 unspecified atom stereocenters. The monoisotopic (exact) mass is 400 g/mol. The zero-order valence-corrected chi connectivity index (χ0v) is 17.0. The lowest BCUT2D eigenvalue weighted by molar-refractivity contribution is -0.115. The molecule has 0 aliphatic carbocycles. The second-order valence-corrected chi connectivity index (χ2v) is 6.63. The summed E-state index contributed by atoms with van der Waals surface area (Å²) in [6.45, 7) is 0.305. The van der Waals surface area contributed by atoms with Crippen LogP contribution in [0.1, 0.15) is 27.0 Å². The maximum atomic E-state index is 13.1. The van der Waals surface area contributed by atoms with E-state index in [1.54, 1.807) is 32.4 Å². The first kappa shape index (κ1) is 20.9. The Morgan fingerprint density at radius 2 is 1.60 bits per heavy atom. The predicted molar refractivity (Wildman–Crippen MR) is 119 cm³/mol.